The molecule has 0 fully saturated rings. The van der Waals surface area contributed by atoms with Gasteiger partial charge in [-0.3, -0.25) is 4.79 Å². The molecule has 0 aliphatic rings. The van der Waals surface area contributed by atoms with Crippen LogP contribution in [0.2, 0.25) is 5.02 Å². The minimum absolute atomic E-state index is 0.0415. The number of carbonyl (C=O) groups is 1. The monoisotopic (exact) mass is 522 g/mol. The second-order valence-corrected chi connectivity index (χ2v) is 8.98. The topological polar surface area (TPSA) is 41.1 Å². The zero-order valence-corrected chi connectivity index (χ0v) is 17.7. The lowest BCUT2D eigenvalue weighted by atomic mass is 10.2. The number of nitrogens with one attached hydrogen (secondary N) is 2. The van der Waals surface area contributed by atoms with Crippen LogP contribution in [0.25, 0.3) is 0 Å². The first-order valence-electron chi connectivity index (χ1n) is 7.14. The minimum atomic E-state index is -4.59. The summed E-state index contributed by atoms with van der Waals surface area (Å²) in [4.78, 5) is 12.4. The molecule has 0 unspecified atom stereocenters. The number of anilines is 1. The van der Waals surface area contributed by atoms with Crippen molar-refractivity contribution in [2.24, 2.45) is 0 Å². The molecule has 11 heteroatoms. The SMILES string of the molecule is O=C(N[C@@H](Nc1cc(C(F)(F)F)ccc1Cl)C(Cl)(Cl)Cl)c1ccc(Br)cc1. The molecule has 0 bridgehead atoms. The number of hydrogen-bond acceptors (Lipinski definition) is 2. The van der Waals surface area contributed by atoms with Gasteiger partial charge in [0.15, 0.2) is 0 Å². The van der Waals surface area contributed by atoms with Crippen molar-refractivity contribution in [3.8, 4) is 0 Å². The fourth-order valence-corrected chi connectivity index (χ4v) is 2.75. The first kappa shape index (κ1) is 22.4. The highest BCUT2D eigenvalue weighted by molar-refractivity contribution is 9.10. The number of halogens is 8. The highest BCUT2D eigenvalue weighted by Gasteiger charge is 2.36. The van der Waals surface area contributed by atoms with Gasteiger partial charge in [0.2, 0.25) is 3.79 Å². The number of rotatable bonds is 4. The van der Waals surface area contributed by atoms with E-state index in [0.717, 1.165) is 22.7 Å². The predicted octanol–water partition coefficient (Wildman–Crippen LogP) is 6.66. The van der Waals surface area contributed by atoms with E-state index in [2.05, 4.69) is 26.6 Å². The lowest BCUT2D eigenvalue weighted by Crippen LogP contribution is -2.49. The summed E-state index contributed by atoms with van der Waals surface area (Å²) in [7, 11) is 0. The van der Waals surface area contributed by atoms with Gasteiger partial charge in [-0.25, -0.2) is 0 Å². The summed E-state index contributed by atoms with van der Waals surface area (Å²) >= 11 is 26.8. The number of hydrogen-bond donors (Lipinski definition) is 2. The quantitative estimate of drug-likeness (QED) is 0.347. The van der Waals surface area contributed by atoms with Gasteiger partial charge in [0, 0.05) is 10.0 Å². The van der Waals surface area contributed by atoms with E-state index in [0.29, 0.717) is 0 Å². The number of amides is 1. The van der Waals surface area contributed by atoms with Crippen LogP contribution in [0.5, 0.6) is 0 Å². The molecule has 1 amide bonds. The van der Waals surface area contributed by atoms with Crippen LogP contribution in [-0.2, 0) is 6.18 Å². The zero-order chi connectivity index (χ0) is 20.4. The molecule has 0 saturated heterocycles. The fraction of sp³-hybridized carbons (Fsp3) is 0.188. The van der Waals surface area contributed by atoms with Crippen LogP contribution in [0.15, 0.2) is 46.9 Å². The third-order valence-electron chi connectivity index (χ3n) is 3.30. The lowest BCUT2D eigenvalue weighted by molar-refractivity contribution is -0.137. The Morgan fingerprint density at radius 1 is 1.04 bits per heavy atom. The molecule has 0 saturated carbocycles. The van der Waals surface area contributed by atoms with Gasteiger partial charge >= 0.3 is 6.18 Å². The Hall–Kier alpha value is -0.860. The van der Waals surface area contributed by atoms with Crippen LogP contribution < -0.4 is 10.6 Å². The maximum absolute atomic E-state index is 12.9. The molecule has 0 aliphatic carbocycles. The van der Waals surface area contributed by atoms with Crippen molar-refractivity contribution >= 4 is 73.9 Å². The molecular weight excluding hydrogens is 515 g/mol. The van der Waals surface area contributed by atoms with Gasteiger partial charge in [0.1, 0.15) is 6.17 Å². The standard InChI is InChI=1S/C16H10BrCl4F3N2O/c17-10-4-1-8(2-5-10)13(27)26-14(15(19,20)21)25-12-7-9(16(22,23)24)3-6-11(12)18/h1-7,14,25H,(H,26,27)/t14-/m1/s1. The summed E-state index contributed by atoms with van der Waals surface area (Å²) in [6, 6.07) is 8.94. The maximum atomic E-state index is 12.9. The van der Waals surface area contributed by atoms with E-state index in [-0.39, 0.29) is 16.3 Å². The maximum Gasteiger partial charge on any atom is 0.416 e. The van der Waals surface area contributed by atoms with Crippen LogP contribution in [0.1, 0.15) is 15.9 Å². The zero-order valence-electron chi connectivity index (χ0n) is 13.1. The average molecular weight is 525 g/mol. The normalized spacial score (nSPS) is 13.2. The Bertz CT molecular complexity index is 826. The third kappa shape index (κ3) is 6.32. The van der Waals surface area contributed by atoms with Crippen LogP contribution in [-0.4, -0.2) is 15.9 Å². The Morgan fingerprint density at radius 2 is 1.63 bits per heavy atom. The van der Waals surface area contributed by atoms with E-state index in [1.807, 2.05) is 0 Å². The average Bonchev–Trinajstić information content (AvgIpc) is 2.54. The Kier molecular flexibility index (Phi) is 7.19. The predicted molar refractivity (Wildman–Crippen MR) is 106 cm³/mol. The highest BCUT2D eigenvalue weighted by Crippen LogP contribution is 2.36. The fourth-order valence-electron chi connectivity index (χ4n) is 1.98. The molecule has 1 atom stereocenters. The van der Waals surface area contributed by atoms with Crippen molar-refractivity contribution in [1.29, 1.82) is 0 Å². The van der Waals surface area contributed by atoms with Gasteiger partial charge < -0.3 is 10.6 Å². The summed E-state index contributed by atoms with van der Waals surface area (Å²) in [6.45, 7) is 0. The highest BCUT2D eigenvalue weighted by atomic mass is 79.9. The van der Waals surface area contributed by atoms with Crippen molar-refractivity contribution in [1.82, 2.24) is 5.32 Å². The largest absolute Gasteiger partial charge is 0.416 e. The van der Waals surface area contributed by atoms with E-state index in [4.69, 9.17) is 46.4 Å². The summed E-state index contributed by atoms with van der Waals surface area (Å²) in [5, 5.41) is 4.93. The molecule has 27 heavy (non-hydrogen) atoms. The van der Waals surface area contributed by atoms with E-state index >= 15 is 0 Å². The Balaban J connectivity index is 2.28. The number of alkyl halides is 6. The molecule has 2 rings (SSSR count). The molecule has 0 radical (unpaired) electrons. The van der Waals surface area contributed by atoms with Crippen molar-refractivity contribution in [2.75, 3.05) is 5.32 Å². The van der Waals surface area contributed by atoms with E-state index in [9.17, 15) is 18.0 Å². The van der Waals surface area contributed by atoms with Crippen LogP contribution >= 0.6 is 62.3 Å². The summed E-state index contributed by atoms with van der Waals surface area (Å²) in [5.74, 6) is -0.602. The molecule has 2 aromatic rings. The smallest absolute Gasteiger partial charge is 0.361 e. The van der Waals surface area contributed by atoms with Crippen LogP contribution in [0.3, 0.4) is 0 Å². The summed E-state index contributed by atoms with van der Waals surface area (Å²) in [5.41, 5.74) is -0.843. The summed E-state index contributed by atoms with van der Waals surface area (Å²) in [6.07, 6.45) is -5.95. The van der Waals surface area contributed by atoms with Gasteiger partial charge in [-0.05, 0) is 42.5 Å². The van der Waals surface area contributed by atoms with Gasteiger partial charge in [-0.2, -0.15) is 13.2 Å². The molecular formula is C16H10BrCl4F3N2O. The van der Waals surface area contributed by atoms with E-state index in [1.165, 1.54) is 12.1 Å². The Labute approximate surface area is 181 Å². The van der Waals surface area contributed by atoms with Crippen molar-refractivity contribution in [3.05, 3.63) is 63.1 Å². The van der Waals surface area contributed by atoms with E-state index < -0.39 is 27.6 Å². The van der Waals surface area contributed by atoms with E-state index in [1.54, 1.807) is 12.1 Å². The summed E-state index contributed by atoms with van der Waals surface area (Å²) < 4.78 is 37.4. The minimum Gasteiger partial charge on any atom is -0.361 e. The Morgan fingerprint density at radius 3 is 2.15 bits per heavy atom. The molecule has 0 aliphatic heterocycles. The van der Waals surface area contributed by atoms with Gasteiger partial charge in [-0.15, -0.1) is 0 Å². The van der Waals surface area contributed by atoms with Crippen molar-refractivity contribution in [2.45, 2.75) is 16.1 Å². The molecule has 146 valence electrons. The third-order valence-corrected chi connectivity index (χ3v) is 4.82. The van der Waals surface area contributed by atoms with Crippen molar-refractivity contribution in [3.63, 3.8) is 0 Å². The molecule has 0 heterocycles. The number of carbonyl (C=O) groups excluding carboxylic acids is 1. The van der Waals surface area contributed by atoms with Crippen molar-refractivity contribution < 1.29 is 18.0 Å². The molecule has 0 spiro atoms. The van der Waals surface area contributed by atoms with Gasteiger partial charge in [0.25, 0.3) is 5.91 Å². The van der Waals surface area contributed by atoms with Crippen LogP contribution in [0, 0.1) is 0 Å². The molecule has 0 aromatic heterocycles. The second kappa shape index (κ2) is 8.66. The first-order valence-corrected chi connectivity index (χ1v) is 9.45. The second-order valence-electron chi connectivity index (χ2n) is 5.29. The van der Waals surface area contributed by atoms with Crippen LogP contribution in [0.4, 0.5) is 18.9 Å². The lowest BCUT2D eigenvalue weighted by Gasteiger charge is -2.28. The van der Waals surface area contributed by atoms with Gasteiger partial charge in [0.05, 0.1) is 16.3 Å². The molecule has 2 N–H and O–H groups in total. The molecule has 3 nitrogen and oxygen atoms in total. The van der Waals surface area contributed by atoms with Gasteiger partial charge in [-0.1, -0.05) is 62.3 Å². The molecule has 2 aromatic carbocycles. The number of benzene rings is 2. The first-order chi connectivity index (χ1) is 12.4.